The van der Waals surface area contributed by atoms with Gasteiger partial charge in [-0.3, -0.25) is 10.1 Å². The maximum atomic E-state index is 12.2. The van der Waals surface area contributed by atoms with Crippen molar-refractivity contribution in [3.8, 4) is 0 Å². The van der Waals surface area contributed by atoms with Crippen LogP contribution in [-0.4, -0.2) is 16.0 Å². The zero-order chi connectivity index (χ0) is 14.8. The van der Waals surface area contributed by atoms with Crippen molar-refractivity contribution in [2.75, 3.05) is 5.32 Å². The van der Waals surface area contributed by atoms with E-state index in [9.17, 15) is 9.90 Å². The van der Waals surface area contributed by atoms with Crippen LogP contribution in [0.2, 0.25) is 0 Å². The van der Waals surface area contributed by atoms with Crippen molar-refractivity contribution >= 4 is 33.1 Å². The molecule has 1 amide bonds. The summed E-state index contributed by atoms with van der Waals surface area (Å²) < 4.78 is 0. The number of aliphatic hydroxyl groups excluding tert-OH is 1. The third kappa shape index (κ3) is 2.94. The molecule has 0 radical (unpaired) electrons. The van der Waals surface area contributed by atoms with Gasteiger partial charge >= 0.3 is 0 Å². The number of hydrogen-bond acceptors (Lipinski definition) is 4. The summed E-state index contributed by atoms with van der Waals surface area (Å²) in [5, 5.41) is 16.5. The Morgan fingerprint density at radius 3 is 2.71 bits per heavy atom. The van der Waals surface area contributed by atoms with Crippen LogP contribution in [0.25, 0.3) is 10.8 Å². The summed E-state index contributed by atoms with van der Waals surface area (Å²) in [6, 6.07) is 13.5. The second kappa shape index (κ2) is 5.63. The van der Waals surface area contributed by atoms with Gasteiger partial charge in [-0.1, -0.05) is 30.3 Å². The third-order valence-electron chi connectivity index (χ3n) is 3.18. The molecule has 0 saturated carbocycles. The quantitative estimate of drug-likeness (QED) is 0.776. The number of fused-ring (bicyclic) bond motifs is 1. The molecule has 0 aliphatic rings. The number of nitrogens with zero attached hydrogens (tertiary/aromatic N) is 1. The van der Waals surface area contributed by atoms with E-state index in [1.807, 2.05) is 36.4 Å². The lowest BCUT2D eigenvalue weighted by Gasteiger charge is -2.04. The fourth-order valence-electron chi connectivity index (χ4n) is 2.04. The summed E-state index contributed by atoms with van der Waals surface area (Å²) in [6.45, 7) is 1.64. The smallest absolute Gasteiger partial charge is 0.257 e. The maximum absolute atomic E-state index is 12.2. The van der Waals surface area contributed by atoms with Gasteiger partial charge in [-0.15, -0.1) is 11.3 Å². The average molecular weight is 298 g/mol. The first-order chi connectivity index (χ1) is 10.1. The van der Waals surface area contributed by atoms with E-state index in [1.54, 1.807) is 18.4 Å². The minimum atomic E-state index is -0.632. The summed E-state index contributed by atoms with van der Waals surface area (Å²) in [4.78, 5) is 16.4. The second-order valence-corrected chi connectivity index (χ2v) is 5.63. The topological polar surface area (TPSA) is 62.2 Å². The van der Waals surface area contributed by atoms with Gasteiger partial charge in [-0.2, -0.15) is 0 Å². The number of thiazole rings is 1. The fourth-order valence-corrected chi connectivity index (χ4v) is 2.83. The summed E-state index contributed by atoms with van der Waals surface area (Å²) in [6.07, 6.45) is -0.632. The molecule has 21 heavy (non-hydrogen) atoms. The van der Waals surface area contributed by atoms with E-state index in [0.717, 1.165) is 10.8 Å². The van der Waals surface area contributed by atoms with Gasteiger partial charge in [0.15, 0.2) is 5.13 Å². The molecule has 1 unspecified atom stereocenters. The number of benzene rings is 2. The highest BCUT2D eigenvalue weighted by molar-refractivity contribution is 7.14. The van der Waals surface area contributed by atoms with Crippen LogP contribution < -0.4 is 5.32 Å². The highest BCUT2D eigenvalue weighted by Gasteiger charge is 2.11. The number of aromatic nitrogens is 1. The number of anilines is 1. The molecule has 4 nitrogen and oxygen atoms in total. The Morgan fingerprint density at radius 1 is 1.24 bits per heavy atom. The second-order valence-electron chi connectivity index (χ2n) is 4.77. The number of carbonyl (C=O) groups is 1. The molecule has 0 fully saturated rings. The Balaban J connectivity index is 1.82. The van der Waals surface area contributed by atoms with Crippen molar-refractivity contribution in [1.82, 2.24) is 4.98 Å². The average Bonchev–Trinajstić information content (AvgIpc) is 2.95. The lowest BCUT2D eigenvalue weighted by atomic mass is 10.1. The summed E-state index contributed by atoms with van der Waals surface area (Å²) in [5.41, 5.74) is 1.15. The van der Waals surface area contributed by atoms with Crippen molar-refractivity contribution in [3.63, 3.8) is 0 Å². The van der Waals surface area contributed by atoms with E-state index in [4.69, 9.17) is 0 Å². The molecule has 5 heteroatoms. The van der Waals surface area contributed by atoms with E-state index < -0.39 is 6.10 Å². The van der Waals surface area contributed by atoms with Gasteiger partial charge in [0, 0.05) is 10.9 Å². The molecule has 1 aromatic heterocycles. The predicted molar refractivity (Wildman–Crippen MR) is 84.6 cm³/mol. The number of nitrogens with one attached hydrogen (secondary N) is 1. The number of aliphatic hydroxyl groups is 1. The minimum absolute atomic E-state index is 0.202. The van der Waals surface area contributed by atoms with Gasteiger partial charge < -0.3 is 5.11 Å². The van der Waals surface area contributed by atoms with Gasteiger partial charge in [0.25, 0.3) is 5.91 Å². The van der Waals surface area contributed by atoms with E-state index in [-0.39, 0.29) is 5.91 Å². The molecule has 0 saturated heterocycles. The minimum Gasteiger partial charge on any atom is -0.387 e. The molecule has 3 rings (SSSR count). The zero-order valence-electron chi connectivity index (χ0n) is 11.4. The van der Waals surface area contributed by atoms with Crippen molar-refractivity contribution in [1.29, 1.82) is 0 Å². The normalized spacial score (nSPS) is 12.3. The SMILES string of the molecule is CC(O)c1csc(NC(=O)c2ccc3ccccc3c2)n1. The van der Waals surface area contributed by atoms with Crippen LogP contribution in [-0.2, 0) is 0 Å². The molecule has 2 aromatic carbocycles. The zero-order valence-corrected chi connectivity index (χ0v) is 12.2. The molecule has 0 bridgehead atoms. The third-order valence-corrected chi connectivity index (χ3v) is 3.96. The number of amides is 1. The van der Waals surface area contributed by atoms with Crippen LogP contribution in [0, 0.1) is 0 Å². The lowest BCUT2D eigenvalue weighted by molar-refractivity contribution is 0.102. The van der Waals surface area contributed by atoms with Gasteiger partial charge in [0.1, 0.15) is 0 Å². The van der Waals surface area contributed by atoms with E-state index >= 15 is 0 Å². The first-order valence-electron chi connectivity index (χ1n) is 6.57. The van der Waals surface area contributed by atoms with Crippen molar-refractivity contribution in [2.24, 2.45) is 0 Å². The number of hydrogen-bond donors (Lipinski definition) is 2. The molecular weight excluding hydrogens is 284 g/mol. The standard InChI is InChI=1S/C16H14N2O2S/c1-10(19)14-9-21-16(17-14)18-15(20)13-7-6-11-4-2-3-5-12(11)8-13/h2-10,19H,1H3,(H,17,18,20). The van der Waals surface area contributed by atoms with Crippen LogP contribution in [0.1, 0.15) is 29.1 Å². The molecular formula is C16H14N2O2S. The largest absolute Gasteiger partial charge is 0.387 e. The molecule has 0 aliphatic heterocycles. The van der Waals surface area contributed by atoms with E-state index in [0.29, 0.717) is 16.4 Å². The Kier molecular flexibility index (Phi) is 3.68. The first kappa shape index (κ1) is 13.7. The van der Waals surface area contributed by atoms with Gasteiger partial charge in [0.2, 0.25) is 0 Å². The molecule has 0 aliphatic carbocycles. The van der Waals surface area contributed by atoms with E-state index in [2.05, 4.69) is 10.3 Å². The molecule has 3 aromatic rings. The van der Waals surface area contributed by atoms with Crippen LogP contribution >= 0.6 is 11.3 Å². The van der Waals surface area contributed by atoms with Crippen LogP contribution in [0.3, 0.4) is 0 Å². The van der Waals surface area contributed by atoms with Crippen molar-refractivity contribution < 1.29 is 9.90 Å². The molecule has 106 valence electrons. The Hall–Kier alpha value is -2.24. The van der Waals surface area contributed by atoms with Crippen molar-refractivity contribution in [2.45, 2.75) is 13.0 Å². The highest BCUT2D eigenvalue weighted by Crippen LogP contribution is 2.22. The van der Waals surface area contributed by atoms with Gasteiger partial charge in [-0.25, -0.2) is 4.98 Å². The highest BCUT2D eigenvalue weighted by atomic mass is 32.1. The first-order valence-corrected chi connectivity index (χ1v) is 7.45. The Bertz CT molecular complexity index is 796. The predicted octanol–water partition coefficient (Wildman–Crippen LogP) is 3.60. The number of carbonyl (C=O) groups excluding carboxylic acids is 1. The van der Waals surface area contributed by atoms with Crippen LogP contribution in [0.4, 0.5) is 5.13 Å². The number of rotatable bonds is 3. The van der Waals surface area contributed by atoms with Crippen LogP contribution in [0.15, 0.2) is 47.8 Å². The molecule has 2 N–H and O–H groups in total. The summed E-state index contributed by atoms with van der Waals surface area (Å²) in [7, 11) is 0. The lowest BCUT2D eigenvalue weighted by Crippen LogP contribution is -2.11. The van der Waals surface area contributed by atoms with E-state index in [1.165, 1.54) is 11.3 Å². The van der Waals surface area contributed by atoms with Crippen molar-refractivity contribution in [3.05, 3.63) is 59.1 Å². The van der Waals surface area contributed by atoms with Gasteiger partial charge in [-0.05, 0) is 29.8 Å². The Labute approximate surface area is 126 Å². The molecule has 1 atom stereocenters. The summed E-state index contributed by atoms with van der Waals surface area (Å²) >= 11 is 1.30. The molecule has 1 heterocycles. The maximum Gasteiger partial charge on any atom is 0.257 e. The summed E-state index contributed by atoms with van der Waals surface area (Å²) in [5.74, 6) is -0.202. The van der Waals surface area contributed by atoms with Crippen LogP contribution in [0.5, 0.6) is 0 Å². The Morgan fingerprint density at radius 2 is 2.00 bits per heavy atom. The fraction of sp³-hybridized carbons (Fsp3) is 0.125. The van der Waals surface area contributed by atoms with Gasteiger partial charge in [0.05, 0.1) is 11.8 Å². The molecule has 0 spiro atoms. The monoisotopic (exact) mass is 298 g/mol.